The van der Waals surface area contributed by atoms with Crippen LogP contribution in [0.3, 0.4) is 0 Å². The van der Waals surface area contributed by atoms with Crippen molar-refractivity contribution in [3.8, 4) is 0 Å². The average Bonchev–Trinajstić information content (AvgIpc) is 3.36. The number of rotatable bonds is 5. The third kappa shape index (κ3) is 4.35. The molecule has 0 fully saturated rings. The van der Waals surface area contributed by atoms with Gasteiger partial charge in [0, 0.05) is 40.0 Å². The number of anilines is 1. The van der Waals surface area contributed by atoms with E-state index in [9.17, 15) is 0 Å². The van der Waals surface area contributed by atoms with Crippen LogP contribution >= 0.6 is 0 Å². The molecular formula is C36H33NO. The van der Waals surface area contributed by atoms with Gasteiger partial charge >= 0.3 is 0 Å². The van der Waals surface area contributed by atoms with Gasteiger partial charge in [0.05, 0.1) is 0 Å². The molecule has 188 valence electrons. The maximum Gasteiger partial charge on any atom is 0.137 e. The highest BCUT2D eigenvalue weighted by molar-refractivity contribution is 5.89. The molecule has 1 heterocycles. The molecule has 0 saturated heterocycles. The zero-order valence-corrected chi connectivity index (χ0v) is 21.8. The molecule has 3 aromatic rings. The first-order valence-electron chi connectivity index (χ1n) is 14.1. The normalized spacial score (nSPS) is 20.5. The topological polar surface area (TPSA) is 16.4 Å². The maximum atomic E-state index is 6.53. The second kappa shape index (κ2) is 10.0. The molecule has 1 atom stereocenters. The van der Waals surface area contributed by atoms with Crippen molar-refractivity contribution < 1.29 is 4.42 Å². The molecular weight excluding hydrogens is 462 g/mol. The molecule has 0 spiro atoms. The minimum atomic E-state index is 0.427. The van der Waals surface area contributed by atoms with Gasteiger partial charge in [0.25, 0.3) is 0 Å². The van der Waals surface area contributed by atoms with E-state index in [1.807, 2.05) is 0 Å². The summed E-state index contributed by atoms with van der Waals surface area (Å²) in [6.45, 7) is 0. The van der Waals surface area contributed by atoms with Crippen molar-refractivity contribution in [2.75, 3.05) is 4.90 Å². The lowest BCUT2D eigenvalue weighted by Gasteiger charge is -2.31. The quantitative estimate of drug-likeness (QED) is 0.350. The van der Waals surface area contributed by atoms with Crippen LogP contribution in [-0.2, 0) is 6.42 Å². The summed E-state index contributed by atoms with van der Waals surface area (Å²) in [5.74, 6) is 1.46. The predicted octanol–water partition coefficient (Wildman–Crippen LogP) is 9.71. The molecule has 0 amide bonds. The Labute approximate surface area is 225 Å². The molecule has 38 heavy (non-hydrogen) atoms. The molecule has 4 aliphatic carbocycles. The summed E-state index contributed by atoms with van der Waals surface area (Å²) in [5.41, 5.74) is 10.2. The number of hydrogen-bond donors (Lipinski definition) is 0. The van der Waals surface area contributed by atoms with Crippen molar-refractivity contribution in [3.05, 3.63) is 143 Å². The van der Waals surface area contributed by atoms with Crippen molar-refractivity contribution in [2.45, 2.75) is 50.9 Å². The van der Waals surface area contributed by atoms with E-state index in [0.717, 1.165) is 56.3 Å². The summed E-state index contributed by atoms with van der Waals surface area (Å²) in [5, 5.41) is 1.25. The molecule has 1 unspecified atom stereocenters. The Kier molecular flexibility index (Phi) is 6.09. The van der Waals surface area contributed by atoms with Gasteiger partial charge < -0.3 is 9.32 Å². The smallest absolute Gasteiger partial charge is 0.137 e. The molecule has 2 nitrogen and oxygen atoms in total. The van der Waals surface area contributed by atoms with Crippen molar-refractivity contribution in [1.82, 2.24) is 0 Å². The summed E-state index contributed by atoms with van der Waals surface area (Å²) in [4.78, 5) is 2.43. The predicted molar refractivity (Wildman–Crippen MR) is 159 cm³/mol. The molecule has 7 rings (SSSR count). The molecule has 0 saturated carbocycles. The van der Waals surface area contributed by atoms with Gasteiger partial charge in [-0.15, -0.1) is 0 Å². The summed E-state index contributed by atoms with van der Waals surface area (Å²) >= 11 is 0. The fourth-order valence-corrected chi connectivity index (χ4v) is 6.22. The van der Waals surface area contributed by atoms with Crippen LogP contribution in [-0.4, -0.2) is 0 Å². The first kappa shape index (κ1) is 23.1. The fourth-order valence-electron chi connectivity index (χ4n) is 6.22. The molecule has 0 bridgehead atoms. The van der Waals surface area contributed by atoms with E-state index in [1.165, 1.54) is 44.7 Å². The van der Waals surface area contributed by atoms with Crippen LogP contribution in [0.15, 0.2) is 130 Å². The first-order valence-corrected chi connectivity index (χ1v) is 14.1. The lowest BCUT2D eigenvalue weighted by molar-refractivity contribution is 0.594. The van der Waals surface area contributed by atoms with Crippen molar-refractivity contribution in [3.63, 3.8) is 0 Å². The summed E-state index contributed by atoms with van der Waals surface area (Å²) in [6, 6.07) is 17.6. The number of furan rings is 1. The van der Waals surface area contributed by atoms with Gasteiger partial charge in [0.15, 0.2) is 0 Å². The van der Waals surface area contributed by atoms with Crippen LogP contribution in [0.4, 0.5) is 5.69 Å². The summed E-state index contributed by atoms with van der Waals surface area (Å²) < 4.78 is 6.53. The molecule has 1 aromatic heterocycles. The Morgan fingerprint density at radius 1 is 0.842 bits per heavy atom. The number of hydrogen-bond acceptors (Lipinski definition) is 2. The Morgan fingerprint density at radius 3 is 2.58 bits per heavy atom. The lowest BCUT2D eigenvalue weighted by Crippen LogP contribution is -2.23. The zero-order chi connectivity index (χ0) is 25.3. The standard InChI is InChI=1S/C36H33NO/c1-4-10-26(11-5-1)28-16-19-31(20-17-28)37(30-14-8-3-9-15-30)32-21-23-34-33-22-18-29(27-12-6-2-7-13-27)24-35(33)38-36(34)25-32/h1,3-6,8,10-14,16,19-21,23-25,28H,2,7,9,15,17-18,22H2. The third-order valence-electron chi connectivity index (χ3n) is 8.23. The minimum Gasteiger partial charge on any atom is -0.456 e. The maximum absolute atomic E-state index is 6.53. The highest BCUT2D eigenvalue weighted by atomic mass is 16.3. The average molecular weight is 496 g/mol. The van der Waals surface area contributed by atoms with Crippen LogP contribution < -0.4 is 4.90 Å². The summed E-state index contributed by atoms with van der Waals surface area (Å²) in [7, 11) is 0. The Bertz CT molecular complexity index is 1580. The zero-order valence-electron chi connectivity index (χ0n) is 21.8. The van der Waals surface area contributed by atoms with E-state index >= 15 is 0 Å². The van der Waals surface area contributed by atoms with Crippen molar-refractivity contribution >= 4 is 22.7 Å². The Morgan fingerprint density at radius 2 is 1.79 bits per heavy atom. The monoisotopic (exact) mass is 495 g/mol. The number of fused-ring (bicyclic) bond motifs is 3. The lowest BCUT2D eigenvalue weighted by atomic mass is 9.89. The van der Waals surface area contributed by atoms with E-state index in [0.29, 0.717) is 5.92 Å². The van der Waals surface area contributed by atoms with Crippen molar-refractivity contribution in [1.29, 1.82) is 0 Å². The van der Waals surface area contributed by atoms with Crippen LogP contribution in [0.25, 0.3) is 17.0 Å². The third-order valence-corrected chi connectivity index (χ3v) is 8.23. The van der Waals surface area contributed by atoms with Gasteiger partial charge in [-0.3, -0.25) is 0 Å². The molecule has 2 aromatic carbocycles. The highest BCUT2D eigenvalue weighted by Gasteiger charge is 2.23. The van der Waals surface area contributed by atoms with E-state index in [-0.39, 0.29) is 0 Å². The Hall–Kier alpha value is -4.04. The second-order valence-corrected chi connectivity index (χ2v) is 10.6. The van der Waals surface area contributed by atoms with Gasteiger partial charge in [-0.25, -0.2) is 0 Å². The van der Waals surface area contributed by atoms with Gasteiger partial charge in [0.2, 0.25) is 0 Å². The Balaban J connectivity index is 1.24. The van der Waals surface area contributed by atoms with E-state index < -0.39 is 0 Å². The molecule has 0 aliphatic heterocycles. The summed E-state index contributed by atoms with van der Waals surface area (Å²) in [6.07, 6.45) is 30.5. The van der Waals surface area contributed by atoms with E-state index in [2.05, 4.69) is 114 Å². The SMILES string of the molecule is C1=CCCC(N(C2=CCC(c3ccccc3)C=C2)c2ccc3c4c(oc3c2)C=C(C2=CCCC=C2)CC4)=C1. The first-order chi connectivity index (χ1) is 18.8. The number of allylic oxidation sites excluding steroid dienone is 12. The number of nitrogens with zero attached hydrogens (tertiary/aromatic N) is 1. The number of aryl methyl sites for hydroxylation is 1. The van der Waals surface area contributed by atoms with Gasteiger partial charge in [-0.1, -0.05) is 72.9 Å². The van der Waals surface area contributed by atoms with Crippen LogP contribution in [0.5, 0.6) is 0 Å². The highest BCUT2D eigenvalue weighted by Crippen LogP contribution is 2.40. The van der Waals surface area contributed by atoms with Gasteiger partial charge in [0.1, 0.15) is 11.3 Å². The van der Waals surface area contributed by atoms with Gasteiger partial charge in [-0.2, -0.15) is 0 Å². The number of benzene rings is 2. The van der Waals surface area contributed by atoms with E-state index in [1.54, 1.807) is 0 Å². The second-order valence-electron chi connectivity index (χ2n) is 10.6. The minimum absolute atomic E-state index is 0.427. The van der Waals surface area contributed by atoms with Crippen LogP contribution in [0, 0.1) is 0 Å². The molecule has 4 aliphatic rings. The molecule has 0 N–H and O–H groups in total. The van der Waals surface area contributed by atoms with Crippen LogP contribution in [0.2, 0.25) is 0 Å². The largest absolute Gasteiger partial charge is 0.456 e. The van der Waals surface area contributed by atoms with E-state index in [4.69, 9.17) is 4.42 Å². The fraction of sp³-hybridized carbons (Fsp3) is 0.222. The van der Waals surface area contributed by atoms with Crippen LogP contribution in [0.1, 0.15) is 61.3 Å². The van der Waals surface area contributed by atoms with Gasteiger partial charge in [-0.05, 0) is 92.0 Å². The molecule has 0 radical (unpaired) electrons. The molecule has 2 heteroatoms. The van der Waals surface area contributed by atoms with Crippen molar-refractivity contribution in [2.24, 2.45) is 0 Å².